The predicted octanol–water partition coefficient (Wildman–Crippen LogP) is 3.40. The van der Waals surface area contributed by atoms with Gasteiger partial charge in [-0.1, -0.05) is 100 Å². The second-order valence-corrected chi connectivity index (χ2v) is 14.6. The number of carbonyl (C=O) groups is 4. The fraction of sp³-hybridized carbons (Fsp3) is 0.476. The molecule has 0 unspecified atom stereocenters. The molecule has 0 heterocycles. The number of benzene rings is 3. The summed E-state index contributed by atoms with van der Waals surface area (Å²) < 4.78 is 10.7. The summed E-state index contributed by atoms with van der Waals surface area (Å²) in [7, 11) is 5.48. The normalized spacial score (nSPS) is 14.0. The van der Waals surface area contributed by atoms with Gasteiger partial charge in [0.05, 0.1) is 19.3 Å². The number of amides is 4. The highest BCUT2D eigenvalue weighted by Gasteiger charge is 2.38. The molecule has 5 atom stereocenters. The zero-order chi connectivity index (χ0) is 40.3. The number of carbonyl (C=O) groups excluding carboxylic acids is 4. The summed E-state index contributed by atoms with van der Waals surface area (Å²) in [5.74, 6) is -1.45. The number of ether oxygens (including phenoxy) is 2. The number of hydrogen-bond acceptors (Lipinski definition) is 9. The molecule has 0 saturated carbocycles. The molecule has 0 bridgehead atoms. The van der Waals surface area contributed by atoms with Gasteiger partial charge in [-0.3, -0.25) is 19.7 Å². The minimum Gasteiger partial charge on any atom is -0.497 e. The van der Waals surface area contributed by atoms with Crippen LogP contribution in [0.1, 0.15) is 50.8 Å². The van der Waals surface area contributed by atoms with Crippen molar-refractivity contribution in [3.63, 3.8) is 0 Å². The zero-order valence-electron chi connectivity index (χ0n) is 33.2. The number of aliphatic hydroxyl groups excluding tert-OH is 1. The van der Waals surface area contributed by atoms with Crippen LogP contribution in [-0.4, -0.2) is 98.4 Å². The van der Waals surface area contributed by atoms with Crippen LogP contribution in [0.4, 0.5) is 4.79 Å². The molecule has 0 fully saturated rings. The van der Waals surface area contributed by atoms with Crippen molar-refractivity contribution in [3.05, 3.63) is 102 Å². The minimum absolute atomic E-state index is 0.0244. The van der Waals surface area contributed by atoms with Crippen LogP contribution < -0.4 is 31.3 Å². The van der Waals surface area contributed by atoms with E-state index in [9.17, 15) is 24.3 Å². The van der Waals surface area contributed by atoms with E-state index in [-0.39, 0.29) is 37.3 Å². The van der Waals surface area contributed by atoms with Crippen molar-refractivity contribution in [2.75, 3.05) is 34.3 Å². The summed E-state index contributed by atoms with van der Waals surface area (Å²) in [4.78, 5) is 56.4. The predicted molar refractivity (Wildman–Crippen MR) is 213 cm³/mol. The first-order chi connectivity index (χ1) is 26.3. The largest absolute Gasteiger partial charge is 0.497 e. The number of alkyl carbamates (subject to hydrolysis) is 1. The van der Waals surface area contributed by atoms with Gasteiger partial charge >= 0.3 is 6.09 Å². The quantitative estimate of drug-likeness (QED) is 0.0841. The van der Waals surface area contributed by atoms with E-state index in [2.05, 4.69) is 26.6 Å². The monoisotopic (exact) mass is 760 g/mol. The third-order valence-electron chi connectivity index (χ3n) is 9.11. The van der Waals surface area contributed by atoms with E-state index in [0.29, 0.717) is 12.3 Å². The average Bonchev–Trinajstić information content (AvgIpc) is 3.17. The summed E-state index contributed by atoms with van der Waals surface area (Å²) in [6, 6.07) is 21.5. The molecule has 0 spiro atoms. The number of hydrogen-bond donors (Lipinski definition) is 6. The van der Waals surface area contributed by atoms with Crippen molar-refractivity contribution in [1.82, 2.24) is 31.5 Å². The molecular weight excluding hydrogens is 700 g/mol. The van der Waals surface area contributed by atoms with Gasteiger partial charge in [-0.25, -0.2) is 4.79 Å². The fourth-order valence-electron chi connectivity index (χ4n) is 5.89. The topological polar surface area (TPSA) is 170 Å². The van der Waals surface area contributed by atoms with E-state index >= 15 is 0 Å². The highest BCUT2D eigenvalue weighted by molar-refractivity contribution is 5.90. The van der Waals surface area contributed by atoms with E-state index in [1.54, 1.807) is 33.1 Å². The van der Waals surface area contributed by atoms with Gasteiger partial charge < -0.3 is 40.7 Å². The number of nitrogens with zero attached hydrogens (tertiary/aromatic N) is 1. The Morgan fingerprint density at radius 2 is 1.25 bits per heavy atom. The Labute approximate surface area is 325 Å². The Hall–Kier alpha value is -4.98. The molecule has 0 aromatic heterocycles. The van der Waals surface area contributed by atoms with Gasteiger partial charge in [0.15, 0.2) is 0 Å². The van der Waals surface area contributed by atoms with Crippen molar-refractivity contribution < 1.29 is 33.8 Å². The van der Waals surface area contributed by atoms with Crippen molar-refractivity contribution >= 4 is 23.8 Å². The molecule has 13 heteroatoms. The third kappa shape index (κ3) is 15.4. The Bertz CT molecular complexity index is 1610. The van der Waals surface area contributed by atoms with Gasteiger partial charge in [0.25, 0.3) is 0 Å². The maximum atomic E-state index is 14.2. The first kappa shape index (κ1) is 44.4. The maximum Gasteiger partial charge on any atom is 0.408 e. The molecule has 3 aromatic carbocycles. The van der Waals surface area contributed by atoms with Crippen LogP contribution in [0, 0.1) is 11.8 Å². The van der Waals surface area contributed by atoms with E-state index < -0.39 is 48.2 Å². The molecule has 0 radical (unpaired) electrons. The van der Waals surface area contributed by atoms with Crippen LogP contribution in [0.2, 0.25) is 0 Å². The number of nitrogens with one attached hydrogen (secondary N) is 5. The first-order valence-corrected chi connectivity index (χ1v) is 18.9. The van der Waals surface area contributed by atoms with E-state index in [4.69, 9.17) is 9.47 Å². The van der Waals surface area contributed by atoms with E-state index in [0.717, 1.165) is 29.7 Å². The van der Waals surface area contributed by atoms with Crippen molar-refractivity contribution in [2.24, 2.45) is 11.8 Å². The Morgan fingerprint density at radius 1 is 0.691 bits per heavy atom. The fourth-order valence-corrected chi connectivity index (χ4v) is 5.89. The van der Waals surface area contributed by atoms with Gasteiger partial charge in [0.1, 0.15) is 30.5 Å². The molecule has 3 rings (SSSR count). The van der Waals surface area contributed by atoms with Crippen LogP contribution in [-0.2, 0) is 38.7 Å². The molecule has 0 aliphatic heterocycles. The molecule has 3 aromatic rings. The second kappa shape index (κ2) is 23.1. The molecule has 55 heavy (non-hydrogen) atoms. The third-order valence-corrected chi connectivity index (χ3v) is 9.11. The first-order valence-electron chi connectivity index (χ1n) is 18.9. The highest BCUT2D eigenvalue weighted by Crippen LogP contribution is 2.15. The lowest BCUT2D eigenvalue weighted by Gasteiger charge is -2.33. The van der Waals surface area contributed by atoms with Crippen LogP contribution in [0.15, 0.2) is 84.9 Å². The molecule has 0 aliphatic carbocycles. The Kier molecular flexibility index (Phi) is 18.6. The molecule has 6 N–H and O–H groups in total. The zero-order valence-corrected chi connectivity index (χ0v) is 33.2. The smallest absolute Gasteiger partial charge is 0.408 e. The Morgan fingerprint density at radius 3 is 1.82 bits per heavy atom. The lowest BCUT2D eigenvalue weighted by molar-refractivity contribution is -0.134. The molecule has 13 nitrogen and oxygen atoms in total. The van der Waals surface area contributed by atoms with Crippen molar-refractivity contribution in [2.45, 2.75) is 84.0 Å². The van der Waals surface area contributed by atoms with Gasteiger partial charge in [0.2, 0.25) is 17.7 Å². The highest BCUT2D eigenvalue weighted by atomic mass is 16.5. The van der Waals surface area contributed by atoms with Gasteiger partial charge in [-0.15, -0.1) is 0 Å². The number of methoxy groups -OCH3 is 1. The second-order valence-electron chi connectivity index (χ2n) is 14.6. The lowest BCUT2D eigenvalue weighted by atomic mass is 9.93. The molecule has 300 valence electrons. The molecule has 0 aliphatic rings. The molecule has 4 amide bonds. The summed E-state index contributed by atoms with van der Waals surface area (Å²) in [6.07, 6.45) is -1.36. The average molecular weight is 761 g/mol. The van der Waals surface area contributed by atoms with Crippen LogP contribution in [0.5, 0.6) is 5.75 Å². The van der Waals surface area contributed by atoms with Crippen LogP contribution in [0.25, 0.3) is 0 Å². The van der Waals surface area contributed by atoms with Crippen LogP contribution in [0.3, 0.4) is 0 Å². The SMILES string of the molecule is COc1ccc(CN[C@@H](C(=O)N[C@H](C(=O)NCCCN(C)C)C(C)C)[C@H](O)[C@H](Cc2ccccc2)NC(=O)[C@@H](NC(=O)OCc2ccccc2)C(C)C)cc1. The number of aliphatic hydroxyl groups is 1. The Balaban J connectivity index is 1.89. The van der Waals surface area contributed by atoms with Gasteiger partial charge in [0, 0.05) is 13.1 Å². The van der Waals surface area contributed by atoms with Crippen molar-refractivity contribution in [1.29, 1.82) is 0 Å². The van der Waals surface area contributed by atoms with Gasteiger partial charge in [-0.2, -0.15) is 0 Å². The standard InChI is InChI=1S/C42H60N6O7/c1-28(2)35(39(50)43-23-14-24-48(5)6)46-41(52)37(44-26-31-19-21-33(54-7)22-20-31)38(49)34(25-30-15-10-8-11-16-30)45-40(51)36(29(3)4)47-42(53)55-27-32-17-12-9-13-18-32/h8-13,15-22,28-29,34-38,44,49H,14,23-27H2,1-7H3,(H,43,50)(H,45,51)(H,46,52)(H,47,53)/t34-,35-,36-,37+,38+/m0/s1. The van der Waals surface area contributed by atoms with E-state index in [1.807, 2.05) is 106 Å². The summed E-state index contributed by atoms with van der Waals surface area (Å²) in [5, 5.41) is 26.8. The summed E-state index contributed by atoms with van der Waals surface area (Å²) >= 11 is 0. The summed E-state index contributed by atoms with van der Waals surface area (Å²) in [6.45, 7) is 8.68. The van der Waals surface area contributed by atoms with Crippen LogP contribution >= 0.6 is 0 Å². The molecule has 0 saturated heterocycles. The minimum atomic E-state index is -1.49. The lowest BCUT2D eigenvalue weighted by Crippen LogP contribution is -2.63. The summed E-state index contributed by atoms with van der Waals surface area (Å²) in [5.41, 5.74) is 2.41. The van der Waals surface area contributed by atoms with Crippen molar-refractivity contribution in [3.8, 4) is 5.75 Å². The molecular formula is C42H60N6O7. The van der Waals surface area contributed by atoms with Gasteiger partial charge in [-0.05, 0) is 74.1 Å². The maximum absolute atomic E-state index is 14.2. The number of rotatable bonds is 22. The van der Waals surface area contributed by atoms with E-state index in [1.165, 1.54) is 0 Å².